The van der Waals surface area contributed by atoms with Crippen molar-refractivity contribution in [2.75, 3.05) is 0 Å². The Morgan fingerprint density at radius 3 is 2.69 bits per heavy atom. The van der Waals surface area contributed by atoms with E-state index in [1.54, 1.807) is 23.1 Å². The Balaban J connectivity index is 1.44. The molecule has 0 bridgehead atoms. The molecule has 4 rings (SSSR count). The van der Waals surface area contributed by atoms with Crippen LogP contribution in [0.2, 0.25) is 5.02 Å². The highest BCUT2D eigenvalue weighted by Gasteiger charge is 2.20. The minimum Gasteiger partial charge on any atom is -0.481 e. The summed E-state index contributed by atoms with van der Waals surface area (Å²) in [5.74, 6) is 1.39. The number of ether oxygens (including phenoxy) is 1. The Kier molecular flexibility index (Phi) is 7.13. The molecular weight excluding hydrogens is 467 g/mol. The summed E-state index contributed by atoms with van der Waals surface area (Å²) in [5, 5.41) is 12.8. The Morgan fingerprint density at radius 1 is 1.19 bits per heavy atom. The predicted molar refractivity (Wildman–Crippen MR) is 128 cm³/mol. The molecule has 0 fully saturated rings. The lowest BCUT2D eigenvalue weighted by atomic mass is 10.2. The number of thiazole rings is 1. The number of benzene rings is 2. The number of nitrogens with zero attached hydrogens (tertiary/aromatic N) is 4. The highest BCUT2D eigenvalue weighted by Crippen LogP contribution is 2.31. The van der Waals surface area contributed by atoms with Crippen molar-refractivity contribution in [2.45, 2.75) is 44.3 Å². The zero-order chi connectivity index (χ0) is 22.7. The molecule has 0 aliphatic carbocycles. The molecule has 0 amide bonds. The van der Waals surface area contributed by atoms with Gasteiger partial charge >= 0.3 is 0 Å². The van der Waals surface area contributed by atoms with Crippen molar-refractivity contribution >= 4 is 34.7 Å². The molecule has 32 heavy (non-hydrogen) atoms. The van der Waals surface area contributed by atoms with Gasteiger partial charge in [-0.2, -0.15) is 0 Å². The van der Waals surface area contributed by atoms with E-state index < -0.39 is 11.9 Å². The summed E-state index contributed by atoms with van der Waals surface area (Å²) in [6.45, 7) is 6.68. The smallest absolute Gasteiger partial charge is 0.191 e. The van der Waals surface area contributed by atoms with Crippen molar-refractivity contribution in [1.82, 2.24) is 19.7 Å². The number of halogens is 2. The molecule has 0 saturated carbocycles. The van der Waals surface area contributed by atoms with Gasteiger partial charge in [0.15, 0.2) is 17.1 Å². The van der Waals surface area contributed by atoms with E-state index in [-0.39, 0.29) is 5.02 Å². The van der Waals surface area contributed by atoms with E-state index in [1.807, 2.05) is 18.4 Å². The van der Waals surface area contributed by atoms with Gasteiger partial charge in [0.1, 0.15) is 16.6 Å². The third-order valence-electron chi connectivity index (χ3n) is 4.82. The van der Waals surface area contributed by atoms with Crippen LogP contribution in [0.5, 0.6) is 5.75 Å². The van der Waals surface area contributed by atoms with E-state index in [0.717, 1.165) is 21.4 Å². The Bertz CT molecular complexity index is 1210. The minimum absolute atomic E-state index is 0.224. The highest BCUT2D eigenvalue weighted by atomic mass is 35.5. The summed E-state index contributed by atoms with van der Waals surface area (Å²) >= 11 is 9.32. The summed E-state index contributed by atoms with van der Waals surface area (Å²) in [4.78, 5) is 4.77. The third kappa shape index (κ3) is 5.14. The average Bonchev–Trinajstić information content (AvgIpc) is 3.41. The second-order valence-corrected chi connectivity index (χ2v) is 9.43. The first-order valence-electron chi connectivity index (χ1n) is 10.1. The second-order valence-electron chi connectivity index (χ2n) is 7.22. The van der Waals surface area contributed by atoms with E-state index in [4.69, 9.17) is 21.3 Å². The first-order valence-corrected chi connectivity index (χ1v) is 12.4. The van der Waals surface area contributed by atoms with Gasteiger partial charge in [0, 0.05) is 23.2 Å². The number of hydrogen-bond acceptors (Lipinski definition) is 6. The van der Waals surface area contributed by atoms with Gasteiger partial charge < -0.3 is 9.30 Å². The van der Waals surface area contributed by atoms with Crippen molar-refractivity contribution in [2.24, 2.45) is 0 Å². The molecule has 0 spiro atoms. The molecule has 2 aromatic heterocycles. The molecule has 2 aromatic carbocycles. The van der Waals surface area contributed by atoms with Crippen LogP contribution in [-0.4, -0.2) is 19.7 Å². The quantitative estimate of drug-likeness (QED) is 0.251. The van der Waals surface area contributed by atoms with E-state index in [0.29, 0.717) is 23.9 Å². The average molecular weight is 489 g/mol. The molecule has 1 atom stereocenters. The fourth-order valence-corrected chi connectivity index (χ4v) is 5.20. The topological polar surface area (TPSA) is 52.8 Å². The maximum Gasteiger partial charge on any atom is 0.191 e. The highest BCUT2D eigenvalue weighted by molar-refractivity contribution is 7.98. The summed E-state index contributed by atoms with van der Waals surface area (Å²) in [6, 6.07) is 12.5. The fraction of sp³-hybridized carbons (Fsp3) is 0.261. The zero-order valence-electron chi connectivity index (χ0n) is 17.9. The van der Waals surface area contributed by atoms with Gasteiger partial charge in [0.05, 0.1) is 10.7 Å². The first kappa shape index (κ1) is 22.8. The molecular formula is C23H22ClFN4OS2. The standard InChI is InChI=1S/C23H22ClFN4OS2/c1-4-29-21(15(3)30-20-10-9-17(25)11-19(20)24)27-28-23(29)32-13-18-12-31-22(26-18)16-7-5-14(2)6-8-16/h5-12,15H,4,13H2,1-3H3. The number of hydrogen-bond donors (Lipinski definition) is 0. The normalized spacial score (nSPS) is 12.2. The molecule has 0 aliphatic heterocycles. The van der Waals surface area contributed by atoms with E-state index >= 15 is 0 Å². The minimum atomic E-state index is -0.405. The summed E-state index contributed by atoms with van der Waals surface area (Å²) < 4.78 is 21.2. The Labute approximate surface area is 199 Å². The lowest BCUT2D eigenvalue weighted by Gasteiger charge is -2.16. The van der Waals surface area contributed by atoms with Crippen molar-refractivity contribution < 1.29 is 9.13 Å². The predicted octanol–water partition coefficient (Wildman–Crippen LogP) is 6.95. The molecule has 2 heterocycles. The molecule has 0 aliphatic rings. The Hall–Kier alpha value is -2.42. The molecule has 4 aromatic rings. The van der Waals surface area contributed by atoms with Crippen LogP contribution in [0.3, 0.4) is 0 Å². The van der Waals surface area contributed by atoms with Gasteiger partial charge in [0.25, 0.3) is 0 Å². The van der Waals surface area contributed by atoms with Crippen molar-refractivity contribution in [1.29, 1.82) is 0 Å². The van der Waals surface area contributed by atoms with Gasteiger partial charge in [0.2, 0.25) is 0 Å². The van der Waals surface area contributed by atoms with Crippen LogP contribution in [0, 0.1) is 12.7 Å². The number of thioether (sulfide) groups is 1. The molecule has 9 heteroatoms. The van der Waals surface area contributed by atoms with Crippen molar-refractivity contribution in [3.63, 3.8) is 0 Å². The molecule has 0 N–H and O–H groups in total. The summed E-state index contributed by atoms with van der Waals surface area (Å²) in [7, 11) is 0. The maximum absolute atomic E-state index is 13.3. The van der Waals surface area contributed by atoms with Gasteiger partial charge in [-0.05, 0) is 39.0 Å². The summed E-state index contributed by atoms with van der Waals surface area (Å²) in [6.07, 6.45) is -0.396. The van der Waals surface area contributed by atoms with Crippen LogP contribution in [0.15, 0.2) is 53.0 Å². The van der Waals surface area contributed by atoms with Crippen molar-refractivity contribution in [3.8, 4) is 16.3 Å². The SMILES string of the molecule is CCn1c(SCc2csc(-c3ccc(C)cc3)n2)nnc1C(C)Oc1ccc(F)cc1Cl. The van der Waals surface area contributed by atoms with Gasteiger partial charge in [-0.15, -0.1) is 21.5 Å². The van der Waals surface area contributed by atoms with Crippen LogP contribution in [0.25, 0.3) is 10.6 Å². The first-order chi connectivity index (χ1) is 15.4. The Morgan fingerprint density at radius 2 is 1.97 bits per heavy atom. The monoisotopic (exact) mass is 488 g/mol. The number of aromatic nitrogens is 4. The van der Waals surface area contributed by atoms with E-state index in [9.17, 15) is 4.39 Å². The molecule has 1 unspecified atom stereocenters. The van der Waals surface area contributed by atoms with Crippen LogP contribution in [0.1, 0.15) is 37.0 Å². The number of aryl methyl sites for hydroxylation is 1. The van der Waals surface area contributed by atoms with E-state index in [2.05, 4.69) is 46.8 Å². The third-order valence-corrected chi connectivity index (χ3v) is 7.06. The lowest BCUT2D eigenvalue weighted by molar-refractivity contribution is 0.210. The van der Waals surface area contributed by atoms with Gasteiger partial charge in [-0.3, -0.25) is 0 Å². The van der Waals surface area contributed by atoms with Gasteiger partial charge in [-0.25, -0.2) is 9.37 Å². The molecule has 0 saturated heterocycles. The largest absolute Gasteiger partial charge is 0.481 e. The zero-order valence-corrected chi connectivity index (χ0v) is 20.3. The van der Waals surface area contributed by atoms with Crippen LogP contribution < -0.4 is 4.74 Å². The number of rotatable bonds is 8. The van der Waals surface area contributed by atoms with Gasteiger partial charge in [-0.1, -0.05) is 53.2 Å². The lowest BCUT2D eigenvalue weighted by Crippen LogP contribution is -2.12. The molecule has 0 radical (unpaired) electrons. The van der Waals surface area contributed by atoms with Crippen LogP contribution >= 0.6 is 34.7 Å². The maximum atomic E-state index is 13.3. The second kappa shape index (κ2) is 10.0. The molecule has 5 nitrogen and oxygen atoms in total. The summed E-state index contributed by atoms with van der Waals surface area (Å²) in [5.41, 5.74) is 3.36. The van der Waals surface area contributed by atoms with Crippen LogP contribution in [-0.2, 0) is 12.3 Å². The van der Waals surface area contributed by atoms with Crippen LogP contribution in [0.4, 0.5) is 4.39 Å². The fourth-order valence-electron chi connectivity index (χ4n) is 3.16. The van der Waals surface area contributed by atoms with Crippen molar-refractivity contribution in [3.05, 3.63) is 75.8 Å². The van der Waals surface area contributed by atoms with E-state index in [1.165, 1.54) is 23.8 Å². The molecule has 166 valence electrons.